The van der Waals surface area contributed by atoms with E-state index >= 15 is 0 Å². The third kappa shape index (κ3) is 0.797. The lowest BCUT2D eigenvalue weighted by Gasteiger charge is -2.11. The Labute approximate surface area is 64.4 Å². The highest BCUT2D eigenvalue weighted by atomic mass is 32.1. The number of aliphatic imine (C=N–C) groups is 1. The van der Waals surface area contributed by atoms with Crippen molar-refractivity contribution in [2.45, 2.75) is 19.3 Å². The van der Waals surface area contributed by atoms with Crippen molar-refractivity contribution in [1.29, 1.82) is 0 Å². The predicted octanol–water partition coefficient (Wildman–Crippen LogP) is 2.96. The van der Waals surface area contributed by atoms with E-state index in [1.54, 1.807) is 11.3 Å². The summed E-state index contributed by atoms with van der Waals surface area (Å²) in [5.74, 6) is 0.679. The standard InChI is InChI=1S/C8H9NS/c1-6-2-3-9-8-5-10-4-7(6)8/h3-6H,2H2,1H3. The quantitative estimate of drug-likeness (QED) is 0.540. The summed E-state index contributed by atoms with van der Waals surface area (Å²) < 4.78 is 0. The van der Waals surface area contributed by atoms with Crippen molar-refractivity contribution >= 4 is 23.2 Å². The largest absolute Gasteiger partial charge is 0.260 e. The second kappa shape index (κ2) is 2.20. The van der Waals surface area contributed by atoms with E-state index < -0.39 is 0 Å². The molecule has 0 saturated heterocycles. The van der Waals surface area contributed by atoms with Crippen molar-refractivity contribution in [3.63, 3.8) is 0 Å². The van der Waals surface area contributed by atoms with Crippen LogP contribution in [-0.4, -0.2) is 6.21 Å². The SMILES string of the molecule is CC1CC=Nc2cscc21. The Kier molecular flexibility index (Phi) is 1.34. The molecule has 2 heteroatoms. The summed E-state index contributed by atoms with van der Waals surface area (Å²) in [5, 5.41) is 4.32. The topological polar surface area (TPSA) is 12.4 Å². The zero-order chi connectivity index (χ0) is 6.97. The fourth-order valence-corrected chi connectivity index (χ4v) is 2.10. The lowest BCUT2D eigenvalue weighted by Crippen LogP contribution is -1.96. The molecule has 0 saturated carbocycles. The number of hydrogen-bond acceptors (Lipinski definition) is 2. The minimum absolute atomic E-state index is 0.679. The second-order valence-electron chi connectivity index (χ2n) is 2.66. The van der Waals surface area contributed by atoms with Crippen molar-refractivity contribution in [2.75, 3.05) is 0 Å². The summed E-state index contributed by atoms with van der Waals surface area (Å²) in [7, 11) is 0. The van der Waals surface area contributed by atoms with Crippen LogP contribution in [0, 0.1) is 0 Å². The number of thiophene rings is 1. The van der Waals surface area contributed by atoms with E-state index in [2.05, 4.69) is 22.7 Å². The van der Waals surface area contributed by atoms with Gasteiger partial charge in [-0.15, -0.1) is 11.3 Å². The summed E-state index contributed by atoms with van der Waals surface area (Å²) in [5.41, 5.74) is 2.61. The van der Waals surface area contributed by atoms with Crippen LogP contribution in [0.3, 0.4) is 0 Å². The zero-order valence-electron chi connectivity index (χ0n) is 5.87. The number of hydrogen-bond donors (Lipinski definition) is 0. The first-order valence-electron chi connectivity index (χ1n) is 3.46. The Hall–Kier alpha value is -0.630. The molecule has 0 N–H and O–H groups in total. The fourth-order valence-electron chi connectivity index (χ4n) is 1.21. The van der Waals surface area contributed by atoms with E-state index in [1.165, 1.54) is 11.3 Å². The minimum Gasteiger partial charge on any atom is -0.260 e. The third-order valence-corrected chi connectivity index (χ3v) is 2.64. The monoisotopic (exact) mass is 151 g/mol. The summed E-state index contributed by atoms with van der Waals surface area (Å²) in [6, 6.07) is 0. The molecule has 2 rings (SSSR count). The van der Waals surface area contributed by atoms with Crippen LogP contribution in [0.5, 0.6) is 0 Å². The minimum atomic E-state index is 0.679. The molecule has 0 radical (unpaired) electrons. The van der Waals surface area contributed by atoms with Gasteiger partial charge in [-0.25, -0.2) is 0 Å². The van der Waals surface area contributed by atoms with Crippen LogP contribution >= 0.6 is 11.3 Å². The fraction of sp³-hybridized carbons (Fsp3) is 0.375. The van der Waals surface area contributed by atoms with Gasteiger partial charge in [0.05, 0.1) is 5.69 Å². The Morgan fingerprint density at radius 2 is 2.50 bits per heavy atom. The molecule has 0 amide bonds. The summed E-state index contributed by atoms with van der Waals surface area (Å²) in [4.78, 5) is 4.29. The molecule has 0 aliphatic carbocycles. The maximum atomic E-state index is 4.29. The molecular formula is C8H9NS. The van der Waals surface area contributed by atoms with Crippen LogP contribution in [0.15, 0.2) is 15.8 Å². The molecule has 0 spiro atoms. The molecule has 0 fully saturated rings. The first kappa shape index (κ1) is 6.10. The van der Waals surface area contributed by atoms with Gasteiger partial charge >= 0.3 is 0 Å². The number of nitrogens with zero attached hydrogens (tertiary/aromatic N) is 1. The molecule has 0 bridgehead atoms. The van der Waals surface area contributed by atoms with Crippen molar-refractivity contribution in [3.8, 4) is 0 Å². The number of rotatable bonds is 0. The van der Waals surface area contributed by atoms with E-state index in [0.29, 0.717) is 5.92 Å². The van der Waals surface area contributed by atoms with Crippen molar-refractivity contribution in [1.82, 2.24) is 0 Å². The zero-order valence-corrected chi connectivity index (χ0v) is 6.69. The molecule has 1 aliphatic rings. The van der Waals surface area contributed by atoms with Crippen molar-refractivity contribution in [3.05, 3.63) is 16.3 Å². The van der Waals surface area contributed by atoms with Gasteiger partial charge in [0, 0.05) is 11.6 Å². The van der Waals surface area contributed by atoms with Gasteiger partial charge in [-0.1, -0.05) is 6.92 Å². The van der Waals surface area contributed by atoms with Crippen LogP contribution in [0.4, 0.5) is 5.69 Å². The van der Waals surface area contributed by atoms with Crippen LogP contribution in [0.2, 0.25) is 0 Å². The Morgan fingerprint density at radius 3 is 3.30 bits per heavy atom. The molecule has 1 aliphatic heterocycles. The Balaban J connectivity index is 2.52. The van der Waals surface area contributed by atoms with Gasteiger partial charge in [0.1, 0.15) is 0 Å². The first-order valence-corrected chi connectivity index (χ1v) is 4.41. The second-order valence-corrected chi connectivity index (χ2v) is 3.40. The summed E-state index contributed by atoms with van der Waals surface area (Å²) in [6.07, 6.45) is 3.11. The lowest BCUT2D eigenvalue weighted by atomic mass is 9.98. The molecular weight excluding hydrogens is 142 g/mol. The first-order chi connectivity index (χ1) is 4.88. The smallest absolute Gasteiger partial charge is 0.0767 e. The van der Waals surface area contributed by atoms with E-state index in [1.807, 2.05) is 6.21 Å². The molecule has 1 nitrogen and oxygen atoms in total. The Bertz CT molecular complexity index is 262. The summed E-state index contributed by atoms with van der Waals surface area (Å²) >= 11 is 1.75. The maximum absolute atomic E-state index is 4.29. The van der Waals surface area contributed by atoms with Gasteiger partial charge in [0.2, 0.25) is 0 Å². The highest BCUT2D eigenvalue weighted by molar-refractivity contribution is 7.08. The van der Waals surface area contributed by atoms with Gasteiger partial charge in [0.25, 0.3) is 0 Å². The summed E-state index contributed by atoms with van der Waals surface area (Å²) in [6.45, 7) is 2.25. The van der Waals surface area contributed by atoms with Gasteiger partial charge < -0.3 is 0 Å². The van der Waals surface area contributed by atoms with E-state index in [9.17, 15) is 0 Å². The third-order valence-electron chi connectivity index (χ3n) is 1.89. The van der Waals surface area contributed by atoms with Crippen LogP contribution in [0.25, 0.3) is 0 Å². The molecule has 10 heavy (non-hydrogen) atoms. The van der Waals surface area contributed by atoms with Crippen LogP contribution in [0.1, 0.15) is 24.8 Å². The van der Waals surface area contributed by atoms with Gasteiger partial charge in [-0.3, -0.25) is 4.99 Å². The highest BCUT2D eigenvalue weighted by Gasteiger charge is 2.13. The van der Waals surface area contributed by atoms with Crippen molar-refractivity contribution < 1.29 is 0 Å². The van der Waals surface area contributed by atoms with Gasteiger partial charge in [0.15, 0.2) is 0 Å². The van der Waals surface area contributed by atoms with E-state index in [-0.39, 0.29) is 0 Å². The molecule has 1 aromatic heterocycles. The lowest BCUT2D eigenvalue weighted by molar-refractivity contribution is 0.807. The number of fused-ring (bicyclic) bond motifs is 1. The van der Waals surface area contributed by atoms with E-state index in [4.69, 9.17) is 0 Å². The molecule has 1 atom stereocenters. The Morgan fingerprint density at radius 1 is 1.60 bits per heavy atom. The van der Waals surface area contributed by atoms with Crippen LogP contribution in [-0.2, 0) is 0 Å². The molecule has 1 aromatic rings. The van der Waals surface area contributed by atoms with Gasteiger partial charge in [-0.05, 0) is 23.3 Å². The average molecular weight is 151 g/mol. The predicted molar refractivity (Wildman–Crippen MR) is 45.5 cm³/mol. The molecule has 0 aromatic carbocycles. The van der Waals surface area contributed by atoms with Gasteiger partial charge in [-0.2, -0.15) is 0 Å². The van der Waals surface area contributed by atoms with E-state index in [0.717, 1.165) is 6.42 Å². The average Bonchev–Trinajstić information content (AvgIpc) is 2.36. The highest BCUT2D eigenvalue weighted by Crippen LogP contribution is 2.34. The normalized spacial score (nSPS) is 22.7. The molecule has 1 unspecified atom stereocenters. The molecule has 2 heterocycles. The maximum Gasteiger partial charge on any atom is 0.0767 e. The van der Waals surface area contributed by atoms with Crippen LogP contribution < -0.4 is 0 Å². The molecule has 52 valence electrons. The van der Waals surface area contributed by atoms with Crippen molar-refractivity contribution in [2.24, 2.45) is 4.99 Å².